The number of benzene rings is 3. The van der Waals surface area contributed by atoms with Crippen LogP contribution in [0, 0.1) is 0 Å². The van der Waals surface area contributed by atoms with Gasteiger partial charge in [0.25, 0.3) is 11.8 Å². The molecule has 10 nitrogen and oxygen atoms in total. The molecular formula is C26H26N4O6. The minimum atomic E-state index is -0.435. The molecule has 0 unspecified atom stereocenters. The predicted molar refractivity (Wildman–Crippen MR) is 136 cm³/mol. The molecule has 0 aromatic heterocycles. The summed E-state index contributed by atoms with van der Waals surface area (Å²) < 4.78 is 20.9. The van der Waals surface area contributed by atoms with Gasteiger partial charge in [0.1, 0.15) is 23.0 Å². The zero-order valence-corrected chi connectivity index (χ0v) is 20.3. The summed E-state index contributed by atoms with van der Waals surface area (Å²) in [4.78, 5) is 24.8. The van der Waals surface area contributed by atoms with Gasteiger partial charge >= 0.3 is 0 Å². The lowest BCUT2D eigenvalue weighted by molar-refractivity contribution is 0.0943. The van der Waals surface area contributed by atoms with E-state index in [0.29, 0.717) is 45.3 Å². The van der Waals surface area contributed by atoms with Crippen molar-refractivity contribution in [1.82, 2.24) is 10.9 Å². The Hall–Kier alpha value is -4.86. The van der Waals surface area contributed by atoms with Crippen molar-refractivity contribution in [2.75, 3.05) is 28.4 Å². The van der Waals surface area contributed by atoms with E-state index in [-0.39, 0.29) is 0 Å². The molecular weight excluding hydrogens is 464 g/mol. The normalized spacial score (nSPS) is 10.8. The van der Waals surface area contributed by atoms with Gasteiger partial charge in [-0.05, 0) is 48.5 Å². The number of methoxy groups -OCH3 is 4. The lowest BCUT2D eigenvalue weighted by Gasteiger charge is -2.07. The molecule has 0 saturated heterocycles. The van der Waals surface area contributed by atoms with E-state index >= 15 is 0 Å². The van der Waals surface area contributed by atoms with Crippen molar-refractivity contribution in [3.8, 4) is 23.0 Å². The van der Waals surface area contributed by atoms with Crippen molar-refractivity contribution in [2.24, 2.45) is 10.2 Å². The lowest BCUT2D eigenvalue weighted by atomic mass is 10.1. The van der Waals surface area contributed by atoms with E-state index in [4.69, 9.17) is 18.9 Å². The van der Waals surface area contributed by atoms with Crippen molar-refractivity contribution < 1.29 is 28.5 Å². The summed E-state index contributed by atoms with van der Waals surface area (Å²) >= 11 is 0. The summed E-state index contributed by atoms with van der Waals surface area (Å²) in [5.41, 5.74) is 6.88. The summed E-state index contributed by atoms with van der Waals surface area (Å²) in [5.74, 6) is 1.52. The van der Waals surface area contributed by atoms with Gasteiger partial charge in [-0.25, -0.2) is 10.9 Å². The summed E-state index contributed by atoms with van der Waals surface area (Å²) in [7, 11) is 6.18. The molecule has 0 aliphatic rings. The summed E-state index contributed by atoms with van der Waals surface area (Å²) in [6.45, 7) is 0. The van der Waals surface area contributed by atoms with Gasteiger partial charge in [0.2, 0.25) is 0 Å². The topological polar surface area (TPSA) is 120 Å². The van der Waals surface area contributed by atoms with Gasteiger partial charge in [-0.2, -0.15) is 10.2 Å². The van der Waals surface area contributed by atoms with Crippen LogP contribution in [0.1, 0.15) is 31.8 Å². The molecule has 10 heteroatoms. The highest BCUT2D eigenvalue weighted by Gasteiger charge is 2.09. The standard InChI is InChI=1S/C26H26N4O6/c1-33-21-11-9-19(23(13-21)35-3)15-27-29-25(31)17-5-7-18(8-6-17)26(32)30-28-16-20-10-12-22(34-2)14-24(20)36-4/h5-16H,1-4H3,(H,29,31)(H,30,32). The molecule has 0 spiro atoms. The molecule has 3 aromatic rings. The number of rotatable bonds is 10. The maximum atomic E-state index is 12.4. The quantitative estimate of drug-likeness (QED) is 0.333. The number of amides is 2. The van der Waals surface area contributed by atoms with Crippen molar-refractivity contribution in [3.05, 3.63) is 82.9 Å². The van der Waals surface area contributed by atoms with E-state index in [0.717, 1.165) is 0 Å². The average Bonchev–Trinajstić information content (AvgIpc) is 2.93. The number of ether oxygens (including phenoxy) is 4. The molecule has 36 heavy (non-hydrogen) atoms. The van der Waals surface area contributed by atoms with E-state index in [1.165, 1.54) is 50.9 Å². The molecule has 0 radical (unpaired) electrons. The fourth-order valence-corrected chi connectivity index (χ4v) is 3.07. The average molecular weight is 491 g/mol. The monoisotopic (exact) mass is 490 g/mol. The smallest absolute Gasteiger partial charge is 0.271 e. The fourth-order valence-electron chi connectivity index (χ4n) is 3.07. The maximum Gasteiger partial charge on any atom is 0.271 e. The lowest BCUT2D eigenvalue weighted by Crippen LogP contribution is -2.19. The van der Waals surface area contributed by atoms with Crippen LogP contribution in [0.25, 0.3) is 0 Å². The van der Waals surface area contributed by atoms with Crippen LogP contribution >= 0.6 is 0 Å². The second kappa shape index (κ2) is 12.6. The van der Waals surface area contributed by atoms with Crippen molar-refractivity contribution in [3.63, 3.8) is 0 Å². The number of nitrogens with zero attached hydrogens (tertiary/aromatic N) is 2. The van der Waals surface area contributed by atoms with Crippen LogP contribution in [0.4, 0.5) is 0 Å². The molecule has 186 valence electrons. The third-order valence-electron chi connectivity index (χ3n) is 5.03. The fraction of sp³-hybridized carbons (Fsp3) is 0.154. The van der Waals surface area contributed by atoms with E-state index < -0.39 is 11.8 Å². The number of nitrogens with one attached hydrogen (secondary N) is 2. The van der Waals surface area contributed by atoms with Gasteiger partial charge in [-0.3, -0.25) is 9.59 Å². The minimum absolute atomic E-state index is 0.330. The first kappa shape index (κ1) is 25.8. The molecule has 2 amide bonds. The number of carbonyl (C=O) groups is 2. The molecule has 0 heterocycles. The highest BCUT2D eigenvalue weighted by molar-refractivity contribution is 5.98. The number of hydrogen-bond donors (Lipinski definition) is 2. The van der Waals surface area contributed by atoms with Gasteiger partial charge in [0.15, 0.2) is 0 Å². The molecule has 0 fully saturated rings. The Morgan fingerprint density at radius 1 is 0.611 bits per heavy atom. The third-order valence-corrected chi connectivity index (χ3v) is 5.03. The van der Waals surface area contributed by atoms with E-state index in [1.54, 1.807) is 50.6 Å². The number of hydrogen-bond acceptors (Lipinski definition) is 8. The van der Waals surface area contributed by atoms with Crippen LogP contribution in [0.5, 0.6) is 23.0 Å². The Balaban J connectivity index is 1.57. The number of carbonyl (C=O) groups excluding carboxylic acids is 2. The molecule has 0 aliphatic carbocycles. The highest BCUT2D eigenvalue weighted by Crippen LogP contribution is 2.24. The van der Waals surface area contributed by atoms with Gasteiger partial charge < -0.3 is 18.9 Å². The van der Waals surface area contributed by atoms with E-state index in [1.807, 2.05) is 0 Å². The molecule has 0 atom stereocenters. The minimum Gasteiger partial charge on any atom is -0.497 e. The van der Waals surface area contributed by atoms with Gasteiger partial charge in [-0.15, -0.1) is 0 Å². The molecule has 0 bridgehead atoms. The summed E-state index contributed by atoms with van der Waals surface area (Å²) in [5, 5.41) is 7.94. The van der Waals surface area contributed by atoms with E-state index in [2.05, 4.69) is 21.1 Å². The zero-order chi connectivity index (χ0) is 25.9. The molecule has 0 saturated carbocycles. The first-order valence-electron chi connectivity index (χ1n) is 10.7. The Bertz CT molecular complexity index is 1170. The molecule has 3 aromatic carbocycles. The Morgan fingerprint density at radius 3 is 1.33 bits per heavy atom. The van der Waals surface area contributed by atoms with Crippen LogP contribution in [0.15, 0.2) is 70.9 Å². The molecule has 3 rings (SSSR count). The first-order valence-corrected chi connectivity index (χ1v) is 10.7. The van der Waals surface area contributed by atoms with Gasteiger partial charge in [0, 0.05) is 34.4 Å². The highest BCUT2D eigenvalue weighted by atomic mass is 16.5. The zero-order valence-electron chi connectivity index (χ0n) is 20.3. The Labute approximate surface area is 208 Å². The number of hydrazone groups is 2. The second-order valence-corrected chi connectivity index (χ2v) is 7.19. The third kappa shape index (κ3) is 6.60. The predicted octanol–water partition coefficient (Wildman–Crippen LogP) is 3.25. The largest absolute Gasteiger partial charge is 0.497 e. The SMILES string of the molecule is COc1ccc(C=NNC(=O)c2ccc(C(=O)NN=Cc3ccc(OC)cc3OC)cc2)c(OC)c1. The van der Waals surface area contributed by atoms with E-state index in [9.17, 15) is 9.59 Å². The van der Waals surface area contributed by atoms with Crippen molar-refractivity contribution in [2.45, 2.75) is 0 Å². The summed E-state index contributed by atoms with van der Waals surface area (Å²) in [6, 6.07) is 16.5. The molecule has 0 aliphatic heterocycles. The molecule has 2 N–H and O–H groups in total. The first-order chi connectivity index (χ1) is 17.5. The van der Waals surface area contributed by atoms with Crippen molar-refractivity contribution >= 4 is 24.2 Å². The second-order valence-electron chi connectivity index (χ2n) is 7.19. The van der Waals surface area contributed by atoms with Crippen LogP contribution in [0.3, 0.4) is 0 Å². The van der Waals surface area contributed by atoms with Crippen LogP contribution in [-0.4, -0.2) is 52.7 Å². The van der Waals surface area contributed by atoms with Gasteiger partial charge in [-0.1, -0.05) is 0 Å². The van der Waals surface area contributed by atoms with Crippen LogP contribution < -0.4 is 29.8 Å². The van der Waals surface area contributed by atoms with Crippen molar-refractivity contribution in [1.29, 1.82) is 0 Å². The van der Waals surface area contributed by atoms with Crippen LogP contribution in [-0.2, 0) is 0 Å². The maximum absolute atomic E-state index is 12.4. The Kier molecular flexibility index (Phi) is 8.99. The van der Waals surface area contributed by atoms with Crippen LogP contribution in [0.2, 0.25) is 0 Å². The summed E-state index contributed by atoms with van der Waals surface area (Å²) in [6.07, 6.45) is 2.93. The Morgan fingerprint density at radius 2 is 1.00 bits per heavy atom. The van der Waals surface area contributed by atoms with Gasteiger partial charge in [0.05, 0.1) is 40.9 Å².